The van der Waals surface area contributed by atoms with E-state index in [0.29, 0.717) is 0 Å². The van der Waals surface area contributed by atoms with Crippen LogP contribution in [-0.4, -0.2) is 42.7 Å². The number of nitrogens with zero attached hydrogens (tertiary/aromatic N) is 3. The molecule has 1 N–H and O–H groups in total. The first-order chi connectivity index (χ1) is 11.8. The molecule has 0 atom stereocenters. The van der Waals surface area contributed by atoms with Crippen LogP contribution in [0.4, 0.5) is 5.82 Å². The highest BCUT2D eigenvalue weighted by Gasteiger charge is 2.23. The normalized spacial score (nSPS) is 16.0. The third-order valence-corrected chi connectivity index (χ3v) is 5.87. The monoisotopic (exact) mass is 339 g/mol. The standard InChI is InChI=1S/C19H22N4S/c1-3-22-8-10-23(11-9-22)18-17-16(12-24-19(17)21-13-20-18)15-6-4-14(2)5-7-15/h4-7,12-13H,3,8-11H2,1-2H3/p+1. The summed E-state index contributed by atoms with van der Waals surface area (Å²) in [6, 6.07) is 8.75. The molecule has 124 valence electrons. The predicted molar refractivity (Wildman–Crippen MR) is 101 cm³/mol. The number of thiophene rings is 1. The fourth-order valence-electron chi connectivity index (χ4n) is 3.43. The molecule has 1 saturated heterocycles. The van der Waals surface area contributed by atoms with Crippen molar-refractivity contribution >= 4 is 27.4 Å². The van der Waals surface area contributed by atoms with E-state index in [1.54, 1.807) is 22.6 Å². The number of fused-ring (bicyclic) bond motifs is 1. The summed E-state index contributed by atoms with van der Waals surface area (Å²) in [4.78, 5) is 14.4. The first-order valence-corrected chi connectivity index (χ1v) is 9.52. The fourth-order valence-corrected chi connectivity index (χ4v) is 4.34. The molecule has 0 spiro atoms. The van der Waals surface area contributed by atoms with Crippen LogP contribution in [0.3, 0.4) is 0 Å². The maximum absolute atomic E-state index is 4.67. The van der Waals surface area contributed by atoms with Crippen LogP contribution < -0.4 is 9.80 Å². The van der Waals surface area contributed by atoms with Crippen LogP contribution in [0.2, 0.25) is 0 Å². The number of anilines is 1. The highest BCUT2D eigenvalue weighted by Crippen LogP contribution is 2.37. The number of benzene rings is 1. The maximum Gasteiger partial charge on any atom is 0.141 e. The zero-order valence-corrected chi connectivity index (χ0v) is 15.1. The van der Waals surface area contributed by atoms with Gasteiger partial charge in [-0.1, -0.05) is 29.8 Å². The van der Waals surface area contributed by atoms with Crippen molar-refractivity contribution in [2.24, 2.45) is 0 Å². The van der Waals surface area contributed by atoms with Gasteiger partial charge in [-0.05, 0) is 19.4 Å². The van der Waals surface area contributed by atoms with E-state index in [9.17, 15) is 0 Å². The number of nitrogens with one attached hydrogen (secondary N) is 1. The Morgan fingerprint density at radius 2 is 1.88 bits per heavy atom. The Labute approximate surface area is 146 Å². The lowest BCUT2D eigenvalue weighted by Crippen LogP contribution is -3.14. The van der Waals surface area contributed by atoms with Crippen LogP contribution in [0.15, 0.2) is 36.0 Å². The van der Waals surface area contributed by atoms with Gasteiger partial charge in [0, 0.05) is 10.9 Å². The maximum atomic E-state index is 4.67. The minimum absolute atomic E-state index is 1.07. The molecule has 0 aliphatic carbocycles. The van der Waals surface area contributed by atoms with Gasteiger partial charge in [0.15, 0.2) is 0 Å². The molecule has 0 bridgehead atoms. The van der Waals surface area contributed by atoms with Gasteiger partial charge in [0.2, 0.25) is 0 Å². The highest BCUT2D eigenvalue weighted by molar-refractivity contribution is 7.17. The third kappa shape index (κ3) is 2.78. The van der Waals surface area contributed by atoms with Crippen molar-refractivity contribution in [2.75, 3.05) is 37.6 Å². The Morgan fingerprint density at radius 1 is 1.12 bits per heavy atom. The Morgan fingerprint density at radius 3 is 2.58 bits per heavy atom. The summed E-state index contributed by atoms with van der Waals surface area (Å²) in [5.41, 5.74) is 3.80. The lowest BCUT2D eigenvalue weighted by atomic mass is 10.0. The van der Waals surface area contributed by atoms with Crippen LogP contribution >= 0.6 is 11.3 Å². The second-order valence-electron chi connectivity index (χ2n) is 6.48. The van der Waals surface area contributed by atoms with E-state index in [1.165, 1.54) is 41.7 Å². The van der Waals surface area contributed by atoms with Gasteiger partial charge in [0.1, 0.15) is 17.0 Å². The Kier molecular flexibility index (Phi) is 4.21. The van der Waals surface area contributed by atoms with Gasteiger partial charge in [-0.2, -0.15) is 0 Å². The molecule has 3 aromatic rings. The minimum atomic E-state index is 1.07. The van der Waals surface area contributed by atoms with Crippen LogP contribution in [0.25, 0.3) is 21.3 Å². The summed E-state index contributed by atoms with van der Waals surface area (Å²) in [5, 5.41) is 3.44. The molecule has 1 fully saturated rings. The molecular weight excluding hydrogens is 316 g/mol. The zero-order chi connectivity index (χ0) is 16.5. The Balaban J connectivity index is 1.76. The second kappa shape index (κ2) is 6.49. The molecule has 0 amide bonds. The molecule has 2 aromatic heterocycles. The molecule has 0 saturated carbocycles. The number of aromatic nitrogens is 2. The van der Waals surface area contributed by atoms with Gasteiger partial charge in [0.05, 0.1) is 38.1 Å². The lowest BCUT2D eigenvalue weighted by Gasteiger charge is -2.32. The fraction of sp³-hybridized carbons (Fsp3) is 0.368. The number of piperazine rings is 1. The van der Waals surface area contributed by atoms with Crippen molar-refractivity contribution in [3.05, 3.63) is 41.5 Å². The van der Waals surface area contributed by atoms with Gasteiger partial charge in [-0.15, -0.1) is 11.3 Å². The predicted octanol–water partition coefficient (Wildman–Crippen LogP) is 2.39. The molecule has 5 heteroatoms. The molecule has 4 nitrogen and oxygen atoms in total. The van der Waals surface area contributed by atoms with Crippen LogP contribution in [-0.2, 0) is 0 Å². The van der Waals surface area contributed by atoms with Crippen LogP contribution in [0.1, 0.15) is 12.5 Å². The summed E-state index contributed by atoms with van der Waals surface area (Å²) in [7, 11) is 0. The Hall–Kier alpha value is -1.98. The van der Waals surface area contributed by atoms with E-state index in [2.05, 4.69) is 58.4 Å². The van der Waals surface area contributed by atoms with Gasteiger partial charge >= 0.3 is 0 Å². The van der Waals surface area contributed by atoms with E-state index in [1.807, 2.05) is 0 Å². The highest BCUT2D eigenvalue weighted by atomic mass is 32.1. The molecule has 3 heterocycles. The number of hydrogen-bond acceptors (Lipinski definition) is 4. The van der Waals surface area contributed by atoms with E-state index >= 15 is 0 Å². The van der Waals surface area contributed by atoms with Crippen LogP contribution in [0, 0.1) is 6.92 Å². The number of hydrogen-bond donors (Lipinski definition) is 1. The average Bonchev–Trinajstić information content (AvgIpc) is 3.07. The molecular formula is C19H23N4S+. The van der Waals surface area contributed by atoms with Crippen LogP contribution in [0.5, 0.6) is 0 Å². The van der Waals surface area contributed by atoms with E-state index < -0.39 is 0 Å². The molecule has 1 aromatic carbocycles. The molecule has 4 rings (SSSR count). The number of likely N-dealkylation sites (N-methyl/N-ethyl adjacent to an activating group) is 1. The second-order valence-corrected chi connectivity index (χ2v) is 7.34. The topological polar surface area (TPSA) is 33.5 Å². The molecule has 0 unspecified atom stereocenters. The number of quaternary nitrogens is 1. The smallest absolute Gasteiger partial charge is 0.141 e. The zero-order valence-electron chi connectivity index (χ0n) is 14.2. The van der Waals surface area contributed by atoms with Crippen molar-refractivity contribution in [2.45, 2.75) is 13.8 Å². The summed E-state index contributed by atoms with van der Waals surface area (Å²) in [6.07, 6.45) is 1.71. The van der Waals surface area contributed by atoms with Gasteiger partial charge in [-0.3, -0.25) is 0 Å². The van der Waals surface area contributed by atoms with Crippen molar-refractivity contribution in [3.63, 3.8) is 0 Å². The molecule has 24 heavy (non-hydrogen) atoms. The number of rotatable bonds is 3. The summed E-state index contributed by atoms with van der Waals surface area (Å²) in [5.74, 6) is 1.10. The summed E-state index contributed by atoms with van der Waals surface area (Å²) >= 11 is 1.71. The number of aryl methyl sites for hydroxylation is 1. The van der Waals surface area contributed by atoms with Gasteiger partial charge in [-0.25, -0.2) is 9.97 Å². The van der Waals surface area contributed by atoms with Crippen molar-refractivity contribution in [3.8, 4) is 11.1 Å². The average molecular weight is 339 g/mol. The quantitative estimate of drug-likeness (QED) is 0.795. The van der Waals surface area contributed by atoms with Gasteiger partial charge < -0.3 is 9.80 Å². The summed E-state index contributed by atoms with van der Waals surface area (Å²) < 4.78 is 0. The lowest BCUT2D eigenvalue weighted by molar-refractivity contribution is -0.898. The largest absolute Gasteiger partial charge is 0.345 e. The van der Waals surface area contributed by atoms with E-state index in [4.69, 9.17) is 0 Å². The summed E-state index contributed by atoms with van der Waals surface area (Å²) in [6.45, 7) is 10.1. The van der Waals surface area contributed by atoms with Crippen molar-refractivity contribution in [1.82, 2.24) is 9.97 Å². The van der Waals surface area contributed by atoms with Crippen molar-refractivity contribution in [1.29, 1.82) is 0 Å². The Bertz CT molecular complexity index is 832. The third-order valence-electron chi connectivity index (χ3n) is 4.98. The molecule has 1 aliphatic heterocycles. The first kappa shape index (κ1) is 15.5. The molecule has 1 aliphatic rings. The van der Waals surface area contributed by atoms with E-state index in [-0.39, 0.29) is 0 Å². The SMILES string of the molecule is CC[NH+]1CCN(c2ncnc3scc(-c4ccc(C)cc4)c23)CC1. The van der Waals surface area contributed by atoms with Crippen molar-refractivity contribution < 1.29 is 4.90 Å². The molecule has 0 radical (unpaired) electrons. The first-order valence-electron chi connectivity index (χ1n) is 8.64. The van der Waals surface area contributed by atoms with Gasteiger partial charge in [0.25, 0.3) is 0 Å². The van der Waals surface area contributed by atoms with E-state index in [0.717, 1.165) is 23.7 Å². The minimum Gasteiger partial charge on any atom is -0.345 e.